The Bertz CT molecular complexity index is 1630. The number of benzene rings is 4. The zero-order valence-corrected chi connectivity index (χ0v) is 22.1. The Kier molecular flexibility index (Phi) is 5.65. The predicted octanol–water partition coefficient (Wildman–Crippen LogP) is 8.16. The predicted molar refractivity (Wildman–Crippen MR) is 153 cm³/mol. The average Bonchev–Trinajstić information content (AvgIpc) is 2.93. The van der Waals surface area contributed by atoms with Gasteiger partial charge in [-0.15, -0.1) is 0 Å². The highest BCUT2D eigenvalue weighted by Crippen LogP contribution is 2.57. The summed E-state index contributed by atoms with van der Waals surface area (Å²) >= 11 is 0. The summed E-state index contributed by atoms with van der Waals surface area (Å²) in [6, 6.07) is 33.0. The molecule has 3 nitrogen and oxygen atoms in total. The highest BCUT2D eigenvalue weighted by molar-refractivity contribution is 7.67. The summed E-state index contributed by atoms with van der Waals surface area (Å²) in [7, 11) is -3.97. The fourth-order valence-corrected chi connectivity index (χ4v) is 9.92. The smallest absolute Gasteiger partial charge is 0.282 e. The maximum Gasteiger partial charge on any atom is 0.282 e. The molecule has 37 heavy (non-hydrogen) atoms. The van der Waals surface area contributed by atoms with Gasteiger partial charge in [-0.25, -0.2) is 0 Å². The van der Waals surface area contributed by atoms with E-state index in [9.17, 15) is 4.57 Å². The molecule has 0 spiro atoms. The van der Waals surface area contributed by atoms with Crippen LogP contribution in [0.15, 0.2) is 115 Å². The number of para-hydroxylation sites is 1. The minimum Gasteiger partial charge on any atom is -0.469 e. The zero-order valence-electron chi connectivity index (χ0n) is 20.3. The van der Waals surface area contributed by atoms with Crippen LogP contribution < -0.4 is 15.1 Å². The van der Waals surface area contributed by atoms with E-state index in [0.717, 1.165) is 46.8 Å². The molecule has 0 bridgehead atoms. The van der Waals surface area contributed by atoms with Crippen molar-refractivity contribution in [3.05, 3.63) is 132 Å². The molecule has 0 radical (unpaired) electrons. The number of allylic oxidation sites excluding steroid dienone is 3. The van der Waals surface area contributed by atoms with Crippen molar-refractivity contribution in [1.82, 2.24) is 0 Å². The number of fused-ring (bicyclic) bond motifs is 5. The Morgan fingerprint density at radius 1 is 0.784 bits per heavy atom. The summed E-state index contributed by atoms with van der Waals surface area (Å²) in [6.45, 7) is 0. The minimum atomic E-state index is -3.14. The molecule has 0 aromatic heterocycles. The lowest BCUT2D eigenvalue weighted by Gasteiger charge is -2.31. The zero-order chi connectivity index (χ0) is 24.8. The van der Waals surface area contributed by atoms with E-state index in [1.807, 2.05) is 48.5 Å². The Hall–Kier alpha value is -3.38. The number of rotatable bonds is 4. The molecule has 0 fully saturated rings. The van der Waals surface area contributed by atoms with Gasteiger partial charge < -0.3 is 9.05 Å². The van der Waals surface area contributed by atoms with Gasteiger partial charge in [0.05, 0.1) is 11.5 Å². The normalized spacial score (nSPS) is 21.1. The Labute approximate surface area is 218 Å². The van der Waals surface area contributed by atoms with Gasteiger partial charge in [0.2, 0.25) is 0 Å². The van der Waals surface area contributed by atoms with Crippen LogP contribution in [0.3, 0.4) is 0 Å². The molecule has 0 N–H and O–H groups in total. The van der Waals surface area contributed by atoms with E-state index >= 15 is 0 Å². The Morgan fingerprint density at radius 2 is 1.54 bits per heavy atom. The molecule has 4 aromatic rings. The molecule has 2 heterocycles. The molecule has 2 atom stereocenters. The molecule has 7 rings (SSSR count). The second-order valence-corrected chi connectivity index (χ2v) is 13.8. The third kappa shape index (κ3) is 4.08. The quantitative estimate of drug-likeness (QED) is 0.255. The van der Waals surface area contributed by atoms with E-state index in [-0.39, 0.29) is 0 Å². The van der Waals surface area contributed by atoms with Gasteiger partial charge in [-0.1, -0.05) is 91.0 Å². The Balaban J connectivity index is 1.19. The third-order valence-electron chi connectivity index (χ3n) is 7.24. The molecule has 182 valence electrons. The molecule has 1 aliphatic carbocycles. The molecule has 5 heteroatoms. The molecule has 0 saturated heterocycles. The molecular weight excluding hydrogens is 494 g/mol. The number of hydrogen-bond donors (Lipinski definition) is 0. The average molecular weight is 521 g/mol. The van der Waals surface area contributed by atoms with Crippen LogP contribution in [0.4, 0.5) is 0 Å². The van der Waals surface area contributed by atoms with Gasteiger partial charge >= 0.3 is 0 Å². The first kappa shape index (κ1) is 22.8. The van der Waals surface area contributed by atoms with Gasteiger partial charge in [0.1, 0.15) is 19.7 Å². The van der Waals surface area contributed by atoms with Gasteiger partial charge in [0.15, 0.2) is 0 Å². The van der Waals surface area contributed by atoms with Gasteiger partial charge in [0.25, 0.3) is 7.37 Å². The largest absolute Gasteiger partial charge is 0.469 e. The van der Waals surface area contributed by atoms with Crippen molar-refractivity contribution >= 4 is 31.7 Å². The summed E-state index contributed by atoms with van der Waals surface area (Å²) in [4.78, 5) is 0. The van der Waals surface area contributed by atoms with Crippen molar-refractivity contribution in [2.75, 3.05) is 0 Å². The van der Waals surface area contributed by atoms with E-state index in [2.05, 4.69) is 60.7 Å². The van der Waals surface area contributed by atoms with Gasteiger partial charge in [-0.2, -0.15) is 0 Å². The van der Waals surface area contributed by atoms with Crippen molar-refractivity contribution in [3.8, 4) is 16.9 Å². The second kappa shape index (κ2) is 9.18. The van der Waals surface area contributed by atoms with E-state index in [1.165, 1.54) is 22.0 Å². The first-order valence-corrected chi connectivity index (χ1v) is 15.9. The molecule has 3 aliphatic rings. The first-order chi connectivity index (χ1) is 18.2. The lowest BCUT2D eigenvalue weighted by Crippen LogP contribution is -2.19. The van der Waals surface area contributed by atoms with Gasteiger partial charge in [-0.3, -0.25) is 4.57 Å². The molecule has 0 saturated carbocycles. The highest BCUT2D eigenvalue weighted by Gasteiger charge is 2.36. The van der Waals surface area contributed by atoms with Crippen LogP contribution in [0.25, 0.3) is 16.7 Å². The first-order valence-electron chi connectivity index (χ1n) is 12.7. The maximum atomic E-state index is 14.4. The summed E-state index contributed by atoms with van der Waals surface area (Å²) in [5.41, 5.74) is 6.89. The summed E-state index contributed by atoms with van der Waals surface area (Å²) < 4.78 is 27.2. The molecule has 2 aliphatic heterocycles. The van der Waals surface area contributed by atoms with E-state index in [0.29, 0.717) is 11.9 Å². The molecule has 4 aromatic carbocycles. The van der Waals surface area contributed by atoms with Crippen LogP contribution in [0, 0.1) is 0 Å². The molecule has 2 unspecified atom stereocenters. The third-order valence-corrected chi connectivity index (χ3v) is 11.6. The highest BCUT2D eigenvalue weighted by atomic mass is 31.2. The van der Waals surface area contributed by atoms with Crippen LogP contribution in [-0.2, 0) is 21.4 Å². The maximum absolute atomic E-state index is 14.4. The van der Waals surface area contributed by atoms with Gasteiger partial charge in [-0.05, 0) is 53.3 Å². The van der Waals surface area contributed by atoms with Crippen molar-refractivity contribution in [1.29, 1.82) is 0 Å². The van der Waals surface area contributed by atoms with Crippen molar-refractivity contribution < 1.29 is 13.6 Å². The van der Waals surface area contributed by atoms with Crippen LogP contribution in [0.5, 0.6) is 5.75 Å². The fraction of sp³-hybridized carbons (Fsp3) is 0.125. The summed E-state index contributed by atoms with van der Waals surface area (Å²) in [6.07, 6.45) is 7.61. The SMILES string of the molecule is O=P1(Cc2cccc(CP3OC4=C(CCC=C4)c4ccccc43)c2)Oc2ccccc2-c2ccccc21. The van der Waals surface area contributed by atoms with Crippen molar-refractivity contribution in [3.63, 3.8) is 0 Å². The summed E-state index contributed by atoms with van der Waals surface area (Å²) in [5.74, 6) is 1.73. The van der Waals surface area contributed by atoms with Crippen molar-refractivity contribution in [2.24, 2.45) is 0 Å². The molecule has 0 amide bonds. The Morgan fingerprint density at radius 3 is 2.46 bits per heavy atom. The van der Waals surface area contributed by atoms with Crippen molar-refractivity contribution in [2.45, 2.75) is 25.2 Å². The van der Waals surface area contributed by atoms with Gasteiger partial charge in [0, 0.05) is 22.6 Å². The molecular formula is C32H26O3P2. The fourth-order valence-electron chi connectivity index (χ4n) is 5.55. The second-order valence-electron chi connectivity index (χ2n) is 9.68. The monoisotopic (exact) mass is 520 g/mol. The van der Waals surface area contributed by atoms with Crippen LogP contribution >= 0.6 is 15.5 Å². The van der Waals surface area contributed by atoms with E-state index < -0.39 is 15.5 Å². The topological polar surface area (TPSA) is 35.5 Å². The lowest BCUT2D eigenvalue weighted by molar-refractivity contribution is 0.490. The van der Waals surface area contributed by atoms with E-state index in [4.69, 9.17) is 9.05 Å². The van der Waals surface area contributed by atoms with Crippen LogP contribution in [0.2, 0.25) is 0 Å². The minimum absolute atomic E-state index is 0.361. The van der Waals surface area contributed by atoms with Crippen LogP contribution in [0.1, 0.15) is 29.5 Å². The van der Waals surface area contributed by atoms with E-state index in [1.54, 1.807) is 0 Å². The number of hydrogen-bond acceptors (Lipinski definition) is 3. The standard InChI is InChI=1S/C32H26O3P2/c33-37(32-19-8-4-15-28(32)26-13-2-6-17-30(26)35-37)22-24-11-9-10-23(20-24)21-36-31-18-7-3-14-27(31)25-12-1-5-16-29(25)34-36/h2-11,13-20H,1,12,21-22H2. The lowest BCUT2D eigenvalue weighted by atomic mass is 9.96. The summed E-state index contributed by atoms with van der Waals surface area (Å²) in [5, 5.41) is 2.11. The van der Waals surface area contributed by atoms with Crippen LogP contribution in [-0.4, -0.2) is 0 Å².